The van der Waals surface area contributed by atoms with Gasteiger partial charge in [-0.15, -0.1) is 4.80 Å². The van der Waals surface area contributed by atoms with Crippen LogP contribution in [0, 0.1) is 12.7 Å². The number of aryl methyl sites for hydroxylation is 1. The third-order valence-electron chi connectivity index (χ3n) is 6.17. The SMILES string of the molecule is COc1ccc(F)cc1C(Cn1c(=O)n(C(C)(C)C(=O)O)c(=O)c2c(C)c(-n3nccn3)sc21)OCCO. The first-order valence-electron chi connectivity index (χ1n) is 11.5. The molecule has 1 atom stereocenters. The van der Waals surface area contributed by atoms with Crippen LogP contribution in [0.4, 0.5) is 4.39 Å². The summed E-state index contributed by atoms with van der Waals surface area (Å²) in [5.41, 5.74) is -2.87. The minimum Gasteiger partial charge on any atom is -0.496 e. The molecule has 0 bridgehead atoms. The van der Waals surface area contributed by atoms with E-state index in [9.17, 15) is 29.0 Å². The van der Waals surface area contributed by atoms with E-state index in [1.165, 1.54) is 60.9 Å². The predicted molar refractivity (Wildman–Crippen MR) is 136 cm³/mol. The molecule has 0 spiro atoms. The molecule has 0 aliphatic carbocycles. The summed E-state index contributed by atoms with van der Waals surface area (Å²) in [7, 11) is 1.39. The summed E-state index contributed by atoms with van der Waals surface area (Å²) in [5.74, 6) is -1.68. The van der Waals surface area contributed by atoms with E-state index >= 15 is 0 Å². The van der Waals surface area contributed by atoms with Gasteiger partial charge in [-0.25, -0.2) is 18.5 Å². The summed E-state index contributed by atoms with van der Waals surface area (Å²) >= 11 is 1.07. The van der Waals surface area contributed by atoms with Crippen molar-refractivity contribution in [2.75, 3.05) is 20.3 Å². The van der Waals surface area contributed by atoms with E-state index in [2.05, 4.69) is 10.2 Å². The highest BCUT2D eigenvalue weighted by Crippen LogP contribution is 2.34. The lowest BCUT2D eigenvalue weighted by molar-refractivity contribution is -0.146. The van der Waals surface area contributed by atoms with Crippen LogP contribution >= 0.6 is 11.3 Å². The van der Waals surface area contributed by atoms with E-state index in [1.807, 2.05) is 0 Å². The maximum atomic E-state index is 14.3. The molecule has 14 heteroatoms. The van der Waals surface area contributed by atoms with Crippen molar-refractivity contribution in [1.29, 1.82) is 0 Å². The van der Waals surface area contributed by atoms with Crippen LogP contribution < -0.4 is 16.0 Å². The van der Waals surface area contributed by atoms with Gasteiger partial charge >= 0.3 is 11.7 Å². The van der Waals surface area contributed by atoms with Crippen LogP contribution in [0.1, 0.15) is 31.1 Å². The van der Waals surface area contributed by atoms with Gasteiger partial charge in [0, 0.05) is 11.1 Å². The molecule has 0 radical (unpaired) electrons. The fraction of sp³-hybridized carbons (Fsp3) is 0.375. The number of nitrogens with zero attached hydrogens (tertiary/aromatic N) is 5. The second kappa shape index (κ2) is 10.5. The average molecular weight is 548 g/mol. The average Bonchev–Trinajstić information content (AvgIpc) is 3.51. The molecule has 3 heterocycles. The molecule has 4 rings (SSSR count). The lowest BCUT2D eigenvalue weighted by Crippen LogP contribution is -2.52. The number of aliphatic carboxylic acids is 1. The molecule has 3 aromatic heterocycles. The number of hydrogen-bond acceptors (Lipinski definition) is 9. The van der Waals surface area contributed by atoms with Crippen LogP contribution in [0.2, 0.25) is 0 Å². The van der Waals surface area contributed by atoms with E-state index in [1.54, 1.807) is 6.92 Å². The normalized spacial score (nSPS) is 12.7. The molecule has 0 saturated heterocycles. The zero-order valence-corrected chi connectivity index (χ0v) is 21.9. The van der Waals surface area contributed by atoms with Gasteiger partial charge < -0.3 is 19.7 Å². The van der Waals surface area contributed by atoms with Crippen LogP contribution in [-0.4, -0.2) is 60.6 Å². The van der Waals surface area contributed by atoms with Gasteiger partial charge in [-0.05, 0) is 39.0 Å². The summed E-state index contributed by atoms with van der Waals surface area (Å²) in [4.78, 5) is 41.1. The van der Waals surface area contributed by atoms with Gasteiger partial charge in [0.25, 0.3) is 5.56 Å². The number of fused-ring (bicyclic) bond motifs is 1. The largest absolute Gasteiger partial charge is 0.496 e. The van der Waals surface area contributed by atoms with Crippen LogP contribution in [0.3, 0.4) is 0 Å². The van der Waals surface area contributed by atoms with Gasteiger partial charge in [0.1, 0.15) is 33.0 Å². The van der Waals surface area contributed by atoms with Crippen molar-refractivity contribution in [1.82, 2.24) is 24.1 Å². The molecular formula is C24H26FN5O7S. The number of carboxylic acids is 1. The summed E-state index contributed by atoms with van der Waals surface area (Å²) in [6, 6.07) is 3.81. The third kappa shape index (κ3) is 4.61. The van der Waals surface area contributed by atoms with Gasteiger partial charge in [0.05, 0.1) is 44.6 Å². The molecule has 1 unspecified atom stereocenters. The number of aliphatic hydroxyl groups excluding tert-OH is 1. The quantitative estimate of drug-likeness (QED) is 0.303. The Morgan fingerprint density at radius 1 is 1.24 bits per heavy atom. The van der Waals surface area contributed by atoms with Crippen LogP contribution in [0.25, 0.3) is 15.2 Å². The Kier molecular flexibility index (Phi) is 7.49. The molecule has 0 saturated carbocycles. The summed E-state index contributed by atoms with van der Waals surface area (Å²) in [6.45, 7) is 3.41. The molecule has 0 fully saturated rings. The maximum Gasteiger partial charge on any atom is 0.333 e. The van der Waals surface area contributed by atoms with Gasteiger partial charge in [-0.3, -0.25) is 9.36 Å². The van der Waals surface area contributed by atoms with Gasteiger partial charge in [0.15, 0.2) is 0 Å². The van der Waals surface area contributed by atoms with Crippen molar-refractivity contribution in [2.45, 2.75) is 39.0 Å². The first-order chi connectivity index (χ1) is 18.0. The predicted octanol–water partition coefficient (Wildman–Crippen LogP) is 1.83. The lowest BCUT2D eigenvalue weighted by atomic mass is 10.1. The minimum atomic E-state index is -1.90. The number of hydrogen-bond donors (Lipinski definition) is 2. The van der Waals surface area contributed by atoms with E-state index in [-0.39, 0.29) is 41.3 Å². The van der Waals surface area contributed by atoms with Crippen LogP contribution in [0.15, 0.2) is 40.2 Å². The molecule has 2 N–H and O–H groups in total. The van der Waals surface area contributed by atoms with Crippen molar-refractivity contribution in [3.63, 3.8) is 0 Å². The first kappa shape index (κ1) is 27.2. The van der Waals surface area contributed by atoms with E-state index < -0.39 is 34.7 Å². The lowest BCUT2D eigenvalue weighted by Gasteiger charge is -2.25. The second-order valence-corrected chi connectivity index (χ2v) is 9.88. The van der Waals surface area contributed by atoms with Crippen molar-refractivity contribution in [2.24, 2.45) is 0 Å². The van der Waals surface area contributed by atoms with E-state index in [0.29, 0.717) is 15.1 Å². The molecule has 0 aliphatic heterocycles. The number of halogens is 1. The zero-order valence-electron chi connectivity index (χ0n) is 21.0. The topological polar surface area (TPSA) is 151 Å². The fourth-order valence-corrected chi connectivity index (χ4v) is 5.37. The fourth-order valence-electron chi connectivity index (χ4n) is 4.15. The molecule has 0 aliphatic rings. The van der Waals surface area contributed by atoms with Crippen molar-refractivity contribution in [3.8, 4) is 10.8 Å². The number of rotatable bonds is 10. The molecule has 38 heavy (non-hydrogen) atoms. The molecule has 202 valence electrons. The Morgan fingerprint density at radius 3 is 2.53 bits per heavy atom. The highest BCUT2D eigenvalue weighted by atomic mass is 32.1. The monoisotopic (exact) mass is 547 g/mol. The highest BCUT2D eigenvalue weighted by Gasteiger charge is 2.36. The van der Waals surface area contributed by atoms with Crippen molar-refractivity contribution >= 4 is 27.5 Å². The Balaban J connectivity index is 2.05. The number of methoxy groups -OCH3 is 1. The van der Waals surface area contributed by atoms with Crippen molar-refractivity contribution in [3.05, 3.63) is 68.4 Å². The Morgan fingerprint density at radius 2 is 1.92 bits per heavy atom. The summed E-state index contributed by atoms with van der Waals surface area (Å²) in [5, 5.41) is 28.1. The number of benzene rings is 1. The summed E-state index contributed by atoms with van der Waals surface area (Å²) < 4.78 is 27.3. The van der Waals surface area contributed by atoms with E-state index in [0.717, 1.165) is 11.3 Å². The minimum absolute atomic E-state index is 0.114. The number of aromatic nitrogens is 5. The summed E-state index contributed by atoms with van der Waals surface area (Å²) in [6.07, 6.45) is 1.90. The van der Waals surface area contributed by atoms with E-state index in [4.69, 9.17) is 9.47 Å². The third-order valence-corrected chi connectivity index (χ3v) is 7.45. The molecule has 1 aromatic carbocycles. The highest BCUT2D eigenvalue weighted by molar-refractivity contribution is 7.21. The number of aliphatic hydroxyl groups is 1. The Bertz CT molecular complexity index is 1610. The standard InChI is InChI=1S/C24H26FN5O7S/c1-13-18-19(32)29(24(2,3)22(33)34)23(35)28(21(18)38-20(13)30-26-7-8-27-30)12-17(37-10-9-31)15-11-14(25)5-6-16(15)36-4/h5-8,11,17,31H,9-10,12H2,1-4H3,(H,33,34). The second-order valence-electron chi connectivity index (χ2n) is 8.90. The number of carboxylic acid groups (broad SMARTS) is 1. The number of thiophene rings is 1. The molecule has 0 amide bonds. The Hall–Kier alpha value is -3.88. The number of carbonyl (C=O) groups is 1. The van der Waals surface area contributed by atoms with Gasteiger partial charge in [-0.1, -0.05) is 11.3 Å². The van der Waals surface area contributed by atoms with Gasteiger partial charge in [-0.2, -0.15) is 10.2 Å². The first-order valence-corrected chi connectivity index (χ1v) is 12.3. The van der Waals surface area contributed by atoms with Crippen molar-refractivity contribution < 1.29 is 28.9 Å². The molecular weight excluding hydrogens is 521 g/mol. The van der Waals surface area contributed by atoms with Gasteiger partial charge in [0.2, 0.25) is 0 Å². The van der Waals surface area contributed by atoms with Crippen LogP contribution in [-0.2, 0) is 21.6 Å². The maximum absolute atomic E-state index is 14.3. The Labute approximate surface area is 219 Å². The molecule has 4 aromatic rings. The molecule has 12 nitrogen and oxygen atoms in total. The smallest absolute Gasteiger partial charge is 0.333 e. The zero-order chi connectivity index (χ0) is 27.8. The number of ether oxygens (including phenoxy) is 2. The van der Waals surface area contributed by atoms with Crippen LogP contribution in [0.5, 0.6) is 5.75 Å².